The zero-order chi connectivity index (χ0) is 15.6. The molecule has 1 heterocycles. The van der Waals surface area contributed by atoms with Gasteiger partial charge in [-0.05, 0) is 62.7 Å². The van der Waals surface area contributed by atoms with Gasteiger partial charge < -0.3 is 10.1 Å². The highest BCUT2D eigenvalue weighted by Gasteiger charge is 2.44. The third kappa shape index (κ3) is 4.06. The van der Waals surface area contributed by atoms with Crippen LogP contribution in [-0.4, -0.2) is 24.3 Å². The standard InChI is InChI=1S/C20H37NO/c1-19(2,3)16-9-12-20(13-10-16)14-11-18(22-20)15-21-17-7-5-4-6-8-17/h16-18,21H,4-15H2,1-3H3. The summed E-state index contributed by atoms with van der Waals surface area (Å²) in [6, 6.07) is 0.769. The Balaban J connectivity index is 1.42. The first-order valence-corrected chi connectivity index (χ1v) is 9.88. The Morgan fingerprint density at radius 2 is 1.55 bits per heavy atom. The lowest BCUT2D eigenvalue weighted by molar-refractivity contribution is -0.0786. The molecule has 0 aromatic carbocycles. The summed E-state index contributed by atoms with van der Waals surface area (Å²) in [5.74, 6) is 0.890. The molecule has 0 radical (unpaired) electrons. The van der Waals surface area contributed by atoms with Crippen molar-refractivity contribution in [3.05, 3.63) is 0 Å². The SMILES string of the molecule is CC(C)(C)C1CCC2(CCC(CNC3CCCCC3)O2)CC1. The van der Waals surface area contributed by atoms with Crippen LogP contribution in [0, 0.1) is 11.3 Å². The maximum absolute atomic E-state index is 6.58. The largest absolute Gasteiger partial charge is 0.370 e. The lowest BCUT2D eigenvalue weighted by Gasteiger charge is -2.42. The lowest BCUT2D eigenvalue weighted by Crippen LogP contribution is -2.40. The summed E-state index contributed by atoms with van der Waals surface area (Å²) < 4.78 is 6.58. The summed E-state index contributed by atoms with van der Waals surface area (Å²) in [6.07, 6.45) is 15.4. The third-order valence-corrected chi connectivity index (χ3v) is 6.70. The Labute approximate surface area is 137 Å². The van der Waals surface area contributed by atoms with Gasteiger partial charge in [-0.2, -0.15) is 0 Å². The average molecular weight is 308 g/mol. The highest BCUT2D eigenvalue weighted by Crippen LogP contribution is 2.47. The summed E-state index contributed by atoms with van der Waals surface area (Å²) in [5, 5.41) is 3.79. The molecule has 0 amide bonds. The quantitative estimate of drug-likeness (QED) is 0.786. The monoisotopic (exact) mass is 307 g/mol. The van der Waals surface area contributed by atoms with Crippen molar-refractivity contribution in [3.8, 4) is 0 Å². The topological polar surface area (TPSA) is 21.3 Å². The van der Waals surface area contributed by atoms with Gasteiger partial charge in [-0.1, -0.05) is 40.0 Å². The first kappa shape index (κ1) is 16.8. The molecule has 3 rings (SSSR count). The fourth-order valence-corrected chi connectivity index (χ4v) is 5.02. The molecule has 22 heavy (non-hydrogen) atoms. The minimum atomic E-state index is 0.251. The summed E-state index contributed by atoms with van der Waals surface area (Å²) in [4.78, 5) is 0. The molecule has 3 fully saturated rings. The molecule has 2 aliphatic carbocycles. The zero-order valence-corrected chi connectivity index (χ0v) is 15.1. The molecule has 2 heteroatoms. The van der Waals surface area contributed by atoms with Gasteiger partial charge in [0.25, 0.3) is 0 Å². The van der Waals surface area contributed by atoms with Gasteiger partial charge in [0.2, 0.25) is 0 Å². The Bertz CT molecular complexity index is 345. The van der Waals surface area contributed by atoms with Gasteiger partial charge in [-0.25, -0.2) is 0 Å². The lowest BCUT2D eigenvalue weighted by atomic mass is 9.68. The van der Waals surface area contributed by atoms with Crippen molar-refractivity contribution in [2.24, 2.45) is 11.3 Å². The average Bonchev–Trinajstić information content (AvgIpc) is 2.89. The fraction of sp³-hybridized carbons (Fsp3) is 1.00. The van der Waals surface area contributed by atoms with Crippen molar-refractivity contribution in [1.82, 2.24) is 5.32 Å². The Morgan fingerprint density at radius 3 is 2.18 bits per heavy atom. The summed E-state index contributed by atoms with van der Waals surface area (Å²) >= 11 is 0. The summed E-state index contributed by atoms with van der Waals surface area (Å²) in [6.45, 7) is 8.31. The minimum Gasteiger partial charge on any atom is -0.370 e. The summed E-state index contributed by atoms with van der Waals surface area (Å²) in [5.41, 5.74) is 0.725. The summed E-state index contributed by atoms with van der Waals surface area (Å²) in [7, 11) is 0. The molecule has 128 valence electrons. The van der Waals surface area contributed by atoms with Gasteiger partial charge in [0.15, 0.2) is 0 Å². The van der Waals surface area contributed by atoms with Gasteiger partial charge in [-0.15, -0.1) is 0 Å². The van der Waals surface area contributed by atoms with E-state index in [1.54, 1.807) is 0 Å². The predicted molar refractivity (Wildman–Crippen MR) is 93.1 cm³/mol. The zero-order valence-electron chi connectivity index (χ0n) is 15.1. The Kier molecular flexibility index (Phi) is 5.19. The second kappa shape index (κ2) is 6.81. The highest BCUT2D eigenvalue weighted by molar-refractivity contribution is 4.95. The van der Waals surface area contributed by atoms with E-state index >= 15 is 0 Å². The van der Waals surface area contributed by atoms with Crippen LogP contribution in [-0.2, 0) is 4.74 Å². The molecule has 1 unspecified atom stereocenters. The van der Waals surface area contributed by atoms with Crippen molar-refractivity contribution >= 4 is 0 Å². The van der Waals surface area contributed by atoms with Crippen LogP contribution < -0.4 is 5.32 Å². The Morgan fingerprint density at radius 1 is 0.909 bits per heavy atom. The molecule has 2 saturated carbocycles. The molecular weight excluding hydrogens is 270 g/mol. The van der Waals surface area contributed by atoms with Crippen LogP contribution in [0.3, 0.4) is 0 Å². The fourth-order valence-electron chi connectivity index (χ4n) is 5.02. The highest BCUT2D eigenvalue weighted by atomic mass is 16.5. The van der Waals surface area contributed by atoms with E-state index in [-0.39, 0.29) is 5.60 Å². The maximum Gasteiger partial charge on any atom is 0.0708 e. The third-order valence-electron chi connectivity index (χ3n) is 6.70. The predicted octanol–water partition coefficient (Wildman–Crippen LogP) is 5.06. The van der Waals surface area contributed by atoms with E-state index < -0.39 is 0 Å². The van der Waals surface area contributed by atoms with E-state index in [1.165, 1.54) is 70.6 Å². The first-order chi connectivity index (χ1) is 10.5. The normalized spacial score (nSPS) is 37.8. The van der Waals surface area contributed by atoms with E-state index in [1.807, 2.05) is 0 Å². The van der Waals surface area contributed by atoms with Crippen LogP contribution in [0.15, 0.2) is 0 Å². The molecule has 0 aromatic heterocycles. The molecule has 2 nitrogen and oxygen atoms in total. The van der Waals surface area contributed by atoms with Crippen molar-refractivity contribution in [2.75, 3.05) is 6.54 Å². The van der Waals surface area contributed by atoms with Crippen LogP contribution in [0.25, 0.3) is 0 Å². The second-order valence-electron chi connectivity index (χ2n) is 9.35. The number of hydrogen-bond acceptors (Lipinski definition) is 2. The van der Waals surface area contributed by atoms with Crippen molar-refractivity contribution in [3.63, 3.8) is 0 Å². The van der Waals surface area contributed by atoms with Crippen molar-refractivity contribution in [1.29, 1.82) is 0 Å². The van der Waals surface area contributed by atoms with Gasteiger partial charge in [-0.3, -0.25) is 0 Å². The molecule has 1 spiro atoms. The smallest absolute Gasteiger partial charge is 0.0708 e. The number of nitrogens with one attached hydrogen (secondary N) is 1. The molecule has 1 aliphatic heterocycles. The van der Waals surface area contributed by atoms with Gasteiger partial charge in [0.1, 0.15) is 0 Å². The van der Waals surface area contributed by atoms with Gasteiger partial charge >= 0.3 is 0 Å². The van der Waals surface area contributed by atoms with Crippen LogP contribution in [0.4, 0.5) is 0 Å². The van der Waals surface area contributed by atoms with E-state index in [9.17, 15) is 0 Å². The van der Waals surface area contributed by atoms with Crippen molar-refractivity contribution in [2.45, 2.75) is 109 Å². The molecule has 3 aliphatic rings. The van der Waals surface area contributed by atoms with Gasteiger partial charge in [0, 0.05) is 12.6 Å². The van der Waals surface area contributed by atoms with Gasteiger partial charge in [0.05, 0.1) is 11.7 Å². The van der Waals surface area contributed by atoms with Crippen LogP contribution >= 0.6 is 0 Å². The molecule has 0 aromatic rings. The molecule has 1 N–H and O–H groups in total. The van der Waals surface area contributed by atoms with Crippen molar-refractivity contribution < 1.29 is 4.74 Å². The number of ether oxygens (including phenoxy) is 1. The van der Waals surface area contributed by atoms with Crippen LogP contribution in [0.1, 0.15) is 91.4 Å². The van der Waals surface area contributed by atoms with E-state index in [0.717, 1.165) is 18.5 Å². The molecular formula is C20H37NO. The molecule has 0 bridgehead atoms. The molecule has 1 atom stereocenters. The maximum atomic E-state index is 6.58. The van der Waals surface area contributed by atoms with Crippen LogP contribution in [0.2, 0.25) is 0 Å². The molecule has 1 saturated heterocycles. The Hall–Kier alpha value is -0.0800. The van der Waals surface area contributed by atoms with Crippen LogP contribution in [0.5, 0.6) is 0 Å². The number of rotatable bonds is 3. The van der Waals surface area contributed by atoms with E-state index in [2.05, 4.69) is 26.1 Å². The second-order valence-corrected chi connectivity index (χ2v) is 9.35. The van der Waals surface area contributed by atoms with E-state index in [4.69, 9.17) is 4.74 Å². The van der Waals surface area contributed by atoms with E-state index in [0.29, 0.717) is 11.5 Å². The number of hydrogen-bond donors (Lipinski definition) is 1. The first-order valence-electron chi connectivity index (χ1n) is 9.88. The minimum absolute atomic E-state index is 0.251.